The van der Waals surface area contributed by atoms with Gasteiger partial charge >= 0.3 is 0 Å². The summed E-state index contributed by atoms with van der Waals surface area (Å²) < 4.78 is 1.91. The molecule has 5 rings (SSSR count). The Morgan fingerprint density at radius 1 is 0.920 bits per heavy atom. The summed E-state index contributed by atoms with van der Waals surface area (Å²) in [6.45, 7) is 0. The SMILES string of the molecule is c1ccc(-n2nc(C3CC3)nc2-c2ccccc2-c2nn[nH]n2)cc1. The molecule has 1 aliphatic carbocycles. The lowest BCUT2D eigenvalue weighted by Crippen LogP contribution is -2.00. The van der Waals surface area contributed by atoms with E-state index in [1.165, 1.54) is 0 Å². The maximum Gasteiger partial charge on any atom is 0.205 e. The van der Waals surface area contributed by atoms with Crippen molar-refractivity contribution in [3.8, 4) is 28.5 Å². The van der Waals surface area contributed by atoms with Gasteiger partial charge in [-0.2, -0.15) is 10.3 Å². The maximum atomic E-state index is 4.86. The Bertz CT molecular complexity index is 1000. The Morgan fingerprint density at radius 3 is 2.40 bits per heavy atom. The van der Waals surface area contributed by atoms with Crippen LogP contribution in [0.5, 0.6) is 0 Å². The van der Waals surface area contributed by atoms with Gasteiger partial charge in [0.25, 0.3) is 0 Å². The molecule has 0 unspecified atom stereocenters. The van der Waals surface area contributed by atoms with Crippen LogP contribution in [-0.4, -0.2) is 35.4 Å². The molecule has 4 aromatic rings. The van der Waals surface area contributed by atoms with Gasteiger partial charge in [0.1, 0.15) is 0 Å². The normalized spacial score (nSPS) is 13.9. The Labute approximate surface area is 143 Å². The number of rotatable bonds is 4. The van der Waals surface area contributed by atoms with Gasteiger partial charge < -0.3 is 0 Å². The Hall–Kier alpha value is -3.35. The van der Waals surface area contributed by atoms with Crippen LogP contribution >= 0.6 is 0 Å². The molecule has 0 atom stereocenters. The van der Waals surface area contributed by atoms with Crippen LogP contribution in [0.1, 0.15) is 24.6 Å². The lowest BCUT2D eigenvalue weighted by Gasteiger charge is -2.08. The molecule has 0 bridgehead atoms. The maximum absolute atomic E-state index is 4.86. The van der Waals surface area contributed by atoms with Crippen LogP contribution in [0, 0.1) is 0 Å². The molecule has 1 saturated carbocycles. The third-order valence-electron chi connectivity index (χ3n) is 4.32. The summed E-state index contributed by atoms with van der Waals surface area (Å²) >= 11 is 0. The van der Waals surface area contributed by atoms with Crippen molar-refractivity contribution < 1.29 is 0 Å². The van der Waals surface area contributed by atoms with Crippen LogP contribution in [0.15, 0.2) is 54.6 Å². The van der Waals surface area contributed by atoms with Gasteiger partial charge in [-0.05, 0) is 30.2 Å². The second kappa shape index (κ2) is 5.62. The molecule has 122 valence electrons. The summed E-state index contributed by atoms with van der Waals surface area (Å²) in [7, 11) is 0. The standard InChI is InChI=1S/C18H15N7/c1-2-6-13(7-3-1)25-18(19-16(22-25)12-10-11-12)15-9-5-4-8-14(15)17-20-23-24-21-17/h1-9,12H,10-11H2,(H,20,21,23,24). The molecule has 0 radical (unpaired) electrons. The number of para-hydroxylation sites is 1. The van der Waals surface area contributed by atoms with E-state index in [0.29, 0.717) is 11.7 Å². The molecule has 7 nitrogen and oxygen atoms in total. The summed E-state index contributed by atoms with van der Waals surface area (Å²) in [5.41, 5.74) is 2.80. The number of hydrogen-bond donors (Lipinski definition) is 1. The number of tetrazole rings is 1. The highest BCUT2D eigenvalue weighted by molar-refractivity contribution is 5.77. The largest absolute Gasteiger partial charge is 0.213 e. The number of H-pyrrole nitrogens is 1. The second-order valence-electron chi connectivity index (χ2n) is 6.10. The van der Waals surface area contributed by atoms with Crippen molar-refractivity contribution in [3.05, 3.63) is 60.4 Å². The first-order valence-electron chi connectivity index (χ1n) is 8.26. The molecule has 0 spiro atoms. The lowest BCUT2D eigenvalue weighted by atomic mass is 10.1. The summed E-state index contributed by atoms with van der Waals surface area (Å²) in [6.07, 6.45) is 2.31. The highest BCUT2D eigenvalue weighted by atomic mass is 15.5. The molecule has 1 fully saturated rings. The molecule has 0 amide bonds. The van der Waals surface area contributed by atoms with Crippen molar-refractivity contribution in [2.24, 2.45) is 0 Å². The highest BCUT2D eigenvalue weighted by Gasteiger charge is 2.30. The van der Waals surface area contributed by atoms with E-state index in [1.54, 1.807) is 0 Å². The fourth-order valence-electron chi connectivity index (χ4n) is 2.92. The Morgan fingerprint density at radius 2 is 1.68 bits per heavy atom. The number of nitrogens with one attached hydrogen (secondary N) is 1. The van der Waals surface area contributed by atoms with E-state index >= 15 is 0 Å². The monoisotopic (exact) mass is 329 g/mol. The van der Waals surface area contributed by atoms with Crippen molar-refractivity contribution in [2.75, 3.05) is 0 Å². The van der Waals surface area contributed by atoms with Gasteiger partial charge in [0.05, 0.1) is 5.69 Å². The second-order valence-corrected chi connectivity index (χ2v) is 6.10. The molecule has 25 heavy (non-hydrogen) atoms. The molecule has 2 heterocycles. The zero-order chi connectivity index (χ0) is 16.6. The van der Waals surface area contributed by atoms with Gasteiger partial charge in [-0.3, -0.25) is 0 Å². The third kappa shape index (κ3) is 2.50. The number of hydrogen-bond acceptors (Lipinski definition) is 5. The number of nitrogens with zero attached hydrogens (tertiary/aromatic N) is 6. The lowest BCUT2D eigenvalue weighted by molar-refractivity contribution is 0.839. The first-order valence-corrected chi connectivity index (χ1v) is 8.26. The van der Waals surface area contributed by atoms with E-state index in [4.69, 9.17) is 10.1 Å². The molecular formula is C18H15N7. The summed E-state index contributed by atoms with van der Waals surface area (Å²) in [5, 5.41) is 19.2. The highest BCUT2D eigenvalue weighted by Crippen LogP contribution is 2.40. The fourth-order valence-corrected chi connectivity index (χ4v) is 2.92. The quantitative estimate of drug-likeness (QED) is 0.622. The van der Waals surface area contributed by atoms with Crippen molar-refractivity contribution in [1.29, 1.82) is 0 Å². The average molecular weight is 329 g/mol. The summed E-state index contributed by atoms with van der Waals surface area (Å²) in [6, 6.07) is 18.0. The molecule has 0 saturated heterocycles. The predicted molar refractivity (Wildman–Crippen MR) is 91.9 cm³/mol. The number of aromatic amines is 1. The molecule has 1 aliphatic rings. The van der Waals surface area contributed by atoms with Crippen molar-refractivity contribution in [1.82, 2.24) is 35.4 Å². The van der Waals surface area contributed by atoms with Crippen molar-refractivity contribution in [2.45, 2.75) is 18.8 Å². The van der Waals surface area contributed by atoms with E-state index in [-0.39, 0.29) is 0 Å². The molecule has 7 heteroatoms. The van der Waals surface area contributed by atoms with Gasteiger partial charge in [-0.15, -0.1) is 10.2 Å². The van der Waals surface area contributed by atoms with Crippen LogP contribution in [-0.2, 0) is 0 Å². The summed E-state index contributed by atoms with van der Waals surface area (Å²) in [5.74, 6) is 2.72. The van der Waals surface area contributed by atoms with Gasteiger partial charge in [0.2, 0.25) is 5.82 Å². The first kappa shape index (κ1) is 14.0. The van der Waals surface area contributed by atoms with Crippen LogP contribution in [0.25, 0.3) is 28.5 Å². The van der Waals surface area contributed by atoms with Crippen LogP contribution in [0.4, 0.5) is 0 Å². The van der Waals surface area contributed by atoms with Crippen molar-refractivity contribution >= 4 is 0 Å². The Balaban J connectivity index is 1.72. The molecule has 2 aromatic heterocycles. The van der Waals surface area contributed by atoms with Gasteiger partial charge in [0, 0.05) is 17.0 Å². The van der Waals surface area contributed by atoms with Gasteiger partial charge in [0.15, 0.2) is 11.6 Å². The van der Waals surface area contributed by atoms with E-state index in [0.717, 1.165) is 41.3 Å². The fraction of sp³-hybridized carbons (Fsp3) is 0.167. The van der Waals surface area contributed by atoms with Gasteiger partial charge in [-0.1, -0.05) is 42.5 Å². The Kier molecular flexibility index (Phi) is 3.16. The zero-order valence-corrected chi connectivity index (χ0v) is 13.4. The molecule has 1 N–H and O–H groups in total. The molecule has 0 aliphatic heterocycles. The molecular weight excluding hydrogens is 314 g/mol. The topological polar surface area (TPSA) is 85.2 Å². The van der Waals surface area contributed by atoms with Crippen molar-refractivity contribution in [3.63, 3.8) is 0 Å². The van der Waals surface area contributed by atoms with Crippen LogP contribution in [0.3, 0.4) is 0 Å². The molecule has 2 aromatic carbocycles. The minimum Gasteiger partial charge on any atom is -0.213 e. The van der Waals surface area contributed by atoms with Gasteiger partial charge in [-0.25, -0.2) is 9.67 Å². The van der Waals surface area contributed by atoms with Crippen LogP contribution < -0.4 is 0 Å². The number of aromatic nitrogens is 7. The van der Waals surface area contributed by atoms with E-state index in [1.807, 2.05) is 59.3 Å². The predicted octanol–water partition coefficient (Wildman–Crippen LogP) is 2.99. The van der Waals surface area contributed by atoms with E-state index in [2.05, 4.69) is 20.6 Å². The smallest absolute Gasteiger partial charge is 0.205 e. The average Bonchev–Trinajstić information content (AvgIpc) is 3.21. The van der Waals surface area contributed by atoms with Crippen LogP contribution in [0.2, 0.25) is 0 Å². The third-order valence-corrected chi connectivity index (χ3v) is 4.32. The minimum atomic E-state index is 0.473. The number of benzene rings is 2. The van der Waals surface area contributed by atoms with E-state index < -0.39 is 0 Å². The first-order chi connectivity index (χ1) is 12.4. The van der Waals surface area contributed by atoms with E-state index in [9.17, 15) is 0 Å². The summed E-state index contributed by atoms with van der Waals surface area (Å²) in [4.78, 5) is 4.86. The zero-order valence-electron chi connectivity index (χ0n) is 13.4. The minimum absolute atomic E-state index is 0.473.